The molecule has 0 saturated heterocycles. The van der Waals surface area contributed by atoms with Gasteiger partial charge in [0.25, 0.3) is 0 Å². The molecule has 5 nitrogen and oxygen atoms in total. The molecule has 0 fully saturated rings. The molecule has 4 aromatic rings. The van der Waals surface area contributed by atoms with Crippen LogP contribution >= 0.6 is 0 Å². The third-order valence-corrected chi connectivity index (χ3v) is 4.12. The Morgan fingerprint density at radius 3 is 2.62 bits per heavy atom. The zero-order valence-electron chi connectivity index (χ0n) is 13.8. The fourth-order valence-electron chi connectivity index (χ4n) is 2.81. The molecule has 1 aromatic heterocycles. The van der Waals surface area contributed by atoms with Gasteiger partial charge in [0.05, 0.1) is 11.0 Å². The van der Waals surface area contributed by atoms with Gasteiger partial charge in [-0.15, -0.1) is 0 Å². The maximum absolute atomic E-state index is 10.3. The number of rotatable bonds is 4. The number of nitriles is 1. The van der Waals surface area contributed by atoms with Crippen molar-refractivity contribution in [3.63, 3.8) is 0 Å². The normalized spacial score (nSPS) is 12.0. The minimum atomic E-state index is -0.167. The second kappa shape index (κ2) is 6.61. The first-order valence-corrected chi connectivity index (χ1v) is 8.13. The van der Waals surface area contributed by atoms with E-state index in [0.29, 0.717) is 11.6 Å². The van der Waals surface area contributed by atoms with Gasteiger partial charge in [0, 0.05) is 0 Å². The van der Waals surface area contributed by atoms with Crippen molar-refractivity contribution in [2.45, 2.75) is 0 Å². The molecule has 0 aliphatic carbocycles. The van der Waals surface area contributed by atoms with E-state index in [1.54, 1.807) is 0 Å². The molecule has 0 bridgehead atoms. The smallest absolute Gasteiger partial charge is 0.152 e. The van der Waals surface area contributed by atoms with Gasteiger partial charge in [-0.25, -0.2) is 4.98 Å². The number of allylic oxidation sites excluding steroid dienone is 1. The van der Waals surface area contributed by atoms with Crippen LogP contribution in [-0.2, 0) is 0 Å². The van der Waals surface area contributed by atoms with Crippen molar-refractivity contribution in [3.05, 3.63) is 78.3 Å². The van der Waals surface area contributed by atoms with E-state index in [-0.39, 0.29) is 17.9 Å². The lowest BCUT2D eigenvalue weighted by Gasteiger charge is -2.08. The van der Waals surface area contributed by atoms with Crippen LogP contribution in [0.1, 0.15) is 5.82 Å². The number of benzene rings is 3. The Balaban J connectivity index is 1.59. The summed E-state index contributed by atoms with van der Waals surface area (Å²) in [5, 5.41) is 21.9. The van der Waals surface area contributed by atoms with Crippen molar-refractivity contribution in [1.82, 2.24) is 9.97 Å². The molecule has 4 rings (SSSR count). The highest BCUT2D eigenvalue weighted by Crippen LogP contribution is 2.22. The molecule has 2 N–H and O–H groups in total. The average molecular weight is 341 g/mol. The standard InChI is InChI=1S/C21H15N3O2/c22-12-17(21-23-18-7-3-4-8-19(18)24-21)20(25)13-26-16-10-9-14-5-1-2-6-15(14)11-16/h1-11,25H,13H2,(H,23,24). The summed E-state index contributed by atoms with van der Waals surface area (Å²) >= 11 is 0. The molecule has 0 aliphatic rings. The summed E-state index contributed by atoms with van der Waals surface area (Å²) in [6.45, 7) is -0.113. The molecule has 0 amide bonds. The summed E-state index contributed by atoms with van der Waals surface area (Å²) in [4.78, 5) is 7.39. The molecule has 0 saturated carbocycles. The van der Waals surface area contributed by atoms with E-state index in [2.05, 4.69) is 9.97 Å². The van der Waals surface area contributed by atoms with Crippen LogP contribution in [0.4, 0.5) is 0 Å². The fourth-order valence-corrected chi connectivity index (χ4v) is 2.81. The van der Waals surface area contributed by atoms with Crippen molar-refractivity contribution in [1.29, 1.82) is 5.26 Å². The van der Waals surface area contributed by atoms with Crippen molar-refractivity contribution in [3.8, 4) is 11.8 Å². The molecule has 3 aromatic carbocycles. The van der Waals surface area contributed by atoms with Crippen LogP contribution in [0.2, 0.25) is 0 Å². The van der Waals surface area contributed by atoms with Crippen LogP contribution in [0.15, 0.2) is 72.5 Å². The topological polar surface area (TPSA) is 81.9 Å². The Kier molecular flexibility index (Phi) is 4.00. The molecule has 0 spiro atoms. The Hall–Kier alpha value is -3.78. The van der Waals surface area contributed by atoms with Gasteiger partial charge in [0.1, 0.15) is 24.0 Å². The number of aromatic nitrogens is 2. The van der Waals surface area contributed by atoms with E-state index in [1.165, 1.54) is 0 Å². The van der Waals surface area contributed by atoms with Crippen LogP contribution in [0.5, 0.6) is 5.75 Å². The second-order valence-electron chi connectivity index (χ2n) is 5.83. The number of fused-ring (bicyclic) bond motifs is 2. The summed E-state index contributed by atoms with van der Waals surface area (Å²) in [5.41, 5.74) is 1.61. The van der Waals surface area contributed by atoms with E-state index in [0.717, 1.165) is 21.8 Å². The van der Waals surface area contributed by atoms with Crippen LogP contribution in [0.25, 0.3) is 27.4 Å². The number of hydrogen-bond donors (Lipinski definition) is 2. The number of H-pyrrole nitrogens is 1. The molecule has 1 heterocycles. The monoisotopic (exact) mass is 341 g/mol. The molecule has 5 heteroatoms. The molecular formula is C21H15N3O2. The lowest BCUT2D eigenvalue weighted by atomic mass is 10.1. The van der Waals surface area contributed by atoms with Gasteiger partial charge >= 0.3 is 0 Å². The number of nitrogens with one attached hydrogen (secondary N) is 1. The predicted molar refractivity (Wildman–Crippen MR) is 101 cm³/mol. The quantitative estimate of drug-likeness (QED) is 0.420. The number of aromatic amines is 1. The zero-order valence-corrected chi connectivity index (χ0v) is 13.8. The van der Waals surface area contributed by atoms with Crippen LogP contribution in [-0.4, -0.2) is 21.7 Å². The third-order valence-electron chi connectivity index (χ3n) is 4.12. The Labute approximate surface area is 149 Å². The molecular weight excluding hydrogens is 326 g/mol. The van der Waals surface area contributed by atoms with Crippen LogP contribution in [0, 0.1) is 11.3 Å². The number of ether oxygens (including phenoxy) is 1. The summed E-state index contributed by atoms with van der Waals surface area (Å²) in [5.74, 6) is 0.783. The zero-order chi connectivity index (χ0) is 17.9. The van der Waals surface area contributed by atoms with Gasteiger partial charge in [-0.1, -0.05) is 42.5 Å². The first kappa shape index (κ1) is 15.7. The number of aliphatic hydroxyl groups is 1. The van der Waals surface area contributed by atoms with Crippen LogP contribution < -0.4 is 4.74 Å². The molecule has 0 atom stereocenters. The van der Waals surface area contributed by atoms with E-state index < -0.39 is 0 Å². The van der Waals surface area contributed by atoms with Crippen LogP contribution in [0.3, 0.4) is 0 Å². The SMILES string of the molecule is N#CC(=C(O)COc1ccc2ccccc2c1)c1nc2ccccc2[nH]1. The second-order valence-corrected chi connectivity index (χ2v) is 5.83. The lowest BCUT2D eigenvalue weighted by Crippen LogP contribution is -2.04. The molecule has 0 unspecified atom stereocenters. The fraction of sp³-hybridized carbons (Fsp3) is 0.0476. The highest BCUT2D eigenvalue weighted by molar-refractivity contribution is 5.84. The van der Waals surface area contributed by atoms with E-state index in [4.69, 9.17) is 4.74 Å². The maximum Gasteiger partial charge on any atom is 0.152 e. The van der Waals surface area contributed by atoms with Crippen molar-refractivity contribution in [2.75, 3.05) is 6.61 Å². The summed E-state index contributed by atoms with van der Waals surface area (Å²) in [7, 11) is 0. The highest BCUT2D eigenvalue weighted by Gasteiger charge is 2.13. The van der Waals surface area contributed by atoms with E-state index in [9.17, 15) is 10.4 Å². The van der Waals surface area contributed by atoms with Crippen molar-refractivity contribution >= 4 is 27.4 Å². The first-order valence-electron chi connectivity index (χ1n) is 8.13. The number of nitrogens with zero attached hydrogens (tertiary/aromatic N) is 2. The summed E-state index contributed by atoms with van der Waals surface area (Å²) in [6.07, 6.45) is 0. The summed E-state index contributed by atoms with van der Waals surface area (Å²) < 4.78 is 5.65. The Morgan fingerprint density at radius 1 is 1.04 bits per heavy atom. The number of para-hydroxylation sites is 2. The highest BCUT2D eigenvalue weighted by atomic mass is 16.5. The molecule has 0 aliphatic heterocycles. The Bertz CT molecular complexity index is 1140. The van der Waals surface area contributed by atoms with Gasteiger partial charge in [-0.3, -0.25) is 0 Å². The summed E-state index contributed by atoms with van der Waals surface area (Å²) in [6, 6.07) is 23.1. The average Bonchev–Trinajstić information content (AvgIpc) is 3.10. The molecule has 126 valence electrons. The van der Waals surface area contributed by atoms with Gasteiger partial charge < -0.3 is 14.8 Å². The van der Waals surface area contributed by atoms with E-state index >= 15 is 0 Å². The van der Waals surface area contributed by atoms with Crippen molar-refractivity contribution in [2.24, 2.45) is 0 Å². The minimum Gasteiger partial charge on any atom is -0.507 e. The Morgan fingerprint density at radius 2 is 1.81 bits per heavy atom. The molecule has 0 radical (unpaired) electrons. The van der Waals surface area contributed by atoms with Gasteiger partial charge in [-0.05, 0) is 35.0 Å². The number of aliphatic hydroxyl groups excluding tert-OH is 1. The first-order chi connectivity index (χ1) is 12.7. The van der Waals surface area contributed by atoms with E-state index in [1.807, 2.05) is 72.8 Å². The van der Waals surface area contributed by atoms with Gasteiger partial charge in [0.15, 0.2) is 11.6 Å². The van der Waals surface area contributed by atoms with Crippen molar-refractivity contribution < 1.29 is 9.84 Å². The number of imidazole rings is 1. The minimum absolute atomic E-state index is 0.0713. The van der Waals surface area contributed by atoms with Gasteiger partial charge in [0.2, 0.25) is 0 Å². The van der Waals surface area contributed by atoms with Gasteiger partial charge in [-0.2, -0.15) is 5.26 Å². The lowest BCUT2D eigenvalue weighted by molar-refractivity contribution is 0.273. The maximum atomic E-state index is 10.3. The molecule has 26 heavy (non-hydrogen) atoms. The largest absolute Gasteiger partial charge is 0.507 e. The number of hydrogen-bond acceptors (Lipinski definition) is 4. The third kappa shape index (κ3) is 2.96. The predicted octanol–water partition coefficient (Wildman–Crippen LogP) is 4.59.